The summed E-state index contributed by atoms with van der Waals surface area (Å²) in [6, 6.07) is 13.5. The number of aromatic nitrogens is 1. The normalized spacial score (nSPS) is 23.9. The summed E-state index contributed by atoms with van der Waals surface area (Å²) in [5, 5.41) is 0.749. The Morgan fingerprint density at radius 3 is 2.36 bits per heavy atom. The summed E-state index contributed by atoms with van der Waals surface area (Å²) in [5.41, 5.74) is 1.32. The van der Waals surface area contributed by atoms with Crippen LogP contribution in [0.2, 0.25) is 5.02 Å². The molecule has 2 aliphatic heterocycles. The molecule has 0 amide bonds. The molecule has 2 fully saturated rings. The van der Waals surface area contributed by atoms with Crippen LogP contribution in [-0.4, -0.2) is 30.2 Å². The maximum absolute atomic E-state index is 6.32. The van der Waals surface area contributed by atoms with E-state index in [-0.39, 0.29) is 0 Å². The maximum Gasteiger partial charge on any atom is 0.147 e. The summed E-state index contributed by atoms with van der Waals surface area (Å²) in [6.07, 6.45) is 4.30. The number of anilines is 2. The third-order valence-electron chi connectivity index (χ3n) is 4.65. The van der Waals surface area contributed by atoms with Gasteiger partial charge in [-0.3, -0.25) is 0 Å². The van der Waals surface area contributed by atoms with Gasteiger partial charge in [0.2, 0.25) is 0 Å². The standard InChI is InChI=1S/C17H17BrClN3/c18-12-3-5-13(6-4-12)22-14-7-8-15(22)11-21(10-14)17-16(19)2-1-9-20-17/h1-6,9,14-15H,7-8,10-11H2. The van der Waals surface area contributed by atoms with Gasteiger partial charge < -0.3 is 9.80 Å². The predicted molar refractivity (Wildman–Crippen MR) is 94.9 cm³/mol. The zero-order chi connectivity index (χ0) is 15.1. The van der Waals surface area contributed by atoms with Crippen LogP contribution in [0.15, 0.2) is 47.1 Å². The number of nitrogens with zero attached hydrogens (tertiary/aromatic N) is 3. The highest BCUT2D eigenvalue weighted by Gasteiger charge is 2.40. The Hall–Kier alpha value is -1.26. The third kappa shape index (κ3) is 2.48. The molecule has 0 aliphatic carbocycles. The summed E-state index contributed by atoms with van der Waals surface area (Å²) < 4.78 is 1.13. The van der Waals surface area contributed by atoms with E-state index in [1.807, 2.05) is 18.3 Å². The molecule has 3 nitrogen and oxygen atoms in total. The van der Waals surface area contributed by atoms with Gasteiger partial charge in [0, 0.05) is 41.5 Å². The van der Waals surface area contributed by atoms with Gasteiger partial charge >= 0.3 is 0 Å². The Bertz CT molecular complexity index is 662. The van der Waals surface area contributed by atoms with E-state index < -0.39 is 0 Å². The fourth-order valence-electron chi connectivity index (χ4n) is 3.72. The quantitative estimate of drug-likeness (QED) is 0.774. The Morgan fingerprint density at radius 2 is 1.73 bits per heavy atom. The molecule has 2 saturated heterocycles. The van der Waals surface area contributed by atoms with E-state index in [9.17, 15) is 0 Å². The fourth-order valence-corrected chi connectivity index (χ4v) is 4.23. The summed E-state index contributed by atoms with van der Waals surface area (Å²) in [5.74, 6) is 0.927. The molecule has 4 rings (SSSR count). The molecule has 2 atom stereocenters. The maximum atomic E-state index is 6.32. The molecular weight excluding hydrogens is 362 g/mol. The number of halogens is 2. The highest BCUT2D eigenvalue weighted by Crippen LogP contribution is 2.37. The molecule has 1 aromatic heterocycles. The van der Waals surface area contributed by atoms with Crippen molar-refractivity contribution in [2.75, 3.05) is 22.9 Å². The molecular formula is C17H17BrClN3. The van der Waals surface area contributed by atoms with Crippen molar-refractivity contribution in [1.29, 1.82) is 0 Å². The predicted octanol–water partition coefficient (Wildman–Crippen LogP) is 4.36. The lowest BCUT2D eigenvalue weighted by Gasteiger charge is -2.43. The van der Waals surface area contributed by atoms with Gasteiger partial charge in [0.25, 0.3) is 0 Å². The van der Waals surface area contributed by atoms with Crippen molar-refractivity contribution in [2.24, 2.45) is 0 Å². The van der Waals surface area contributed by atoms with Crippen molar-refractivity contribution in [1.82, 2.24) is 4.98 Å². The largest absolute Gasteiger partial charge is 0.362 e. The van der Waals surface area contributed by atoms with E-state index in [1.165, 1.54) is 18.5 Å². The molecule has 2 aliphatic rings. The van der Waals surface area contributed by atoms with Crippen molar-refractivity contribution in [2.45, 2.75) is 24.9 Å². The molecule has 5 heteroatoms. The number of benzene rings is 1. The van der Waals surface area contributed by atoms with Crippen molar-refractivity contribution in [3.8, 4) is 0 Å². The highest BCUT2D eigenvalue weighted by atomic mass is 79.9. The van der Waals surface area contributed by atoms with E-state index >= 15 is 0 Å². The van der Waals surface area contributed by atoms with Gasteiger partial charge in [-0.1, -0.05) is 27.5 Å². The van der Waals surface area contributed by atoms with Gasteiger partial charge in [0.15, 0.2) is 0 Å². The molecule has 2 unspecified atom stereocenters. The second-order valence-corrected chi connectivity index (χ2v) is 7.31. The number of hydrogen-bond donors (Lipinski definition) is 0. The van der Waals surface area contributed by atoms with Crippen LogP contribution >= 0.6 is 27.5 Å². The molecule has 1 aromatic carbocycles. The smallest absolute Gasteiger partial charge is 0.147 e. The topological polar surface area (TPSA) is 19.4 Å². The minimum atomic E-state index is 0.540. The Morgan fingerprint density at radius 1 is 1.05 bits per heavy atom. The Balaban J connectivity index is 1.59. The summed E-state index contributed by atoms with van der Waals surface area (Å²) >= 11 is 9.83. The molecule has 22 heavy (non-hydrogen) atoms. The van der Waals surface area contributed by atoms with Crippen molar-refractivity contribution in [3.05, 3.63) is 52.1 Å². The minimum absolute atomic E-state index is 0.540. The molecule has 2 aromatic rings. The highest BCUT2D eigenvalue weighted by molar-refractivity contribution is 9.10. The monoisotopic (exact) mass is 377 g/mol. The van der Waals surface area contributed by atoms with Crippen molar-refractivity contribution in [3.63, 3.8) is 0 Å². The summed E-state index contributed by atoms with van der Waals surface area (Å²) in [4.78, 5) is 9.41. The first kappa shape index (κ1) is 14.3. The number of piperazine rings is 1. The van der Waals surface area contributed by atoms with Gasteiger partial charge in [0.05, 0.1) is 5.02 Å². The van der Waals surface area contributed by atoms with Gasteiger partial charge in [-0.15, -0.1) is 0 Å². The van der Waals surface area contributed by atoms with Crippen LogP contribution in [0, 0.1) is 0 Å². The molecule has 2 bridgehead atoms. The van der Waals surface area contributed by atoms with E-state index in [2.05, 4.69) is 55.0 Å². The van der Waals surface area contributed by atoms with Gasteiger partial charge in [0.1, 0.15) is 5.82 Å². The fraction of sp³-hybridized carbons (Fsp3) is 0.353. The lowest BCUT2D eigenvalue weighted by Crippen LogP contribution is -2.54. The van der Waals surface area contributed by atoms with Crippen LogP contribution < -0.4 is 9.80 Å². The van der Waals surface area contributed by atoms with Gasteiger partial charge in [-0.25, -0.2) is 4.98 Å². The number of fused-ring (bicyclic) bond motifs is 2. The zero-order valence-corrected chi connectivity index (χ0v) is 14.5. The van der Waals surface area contributed by atoms with Crippen LogP contribution in [-0.2, 0) is 0 Å². The first-order chi connectivity index (χ1) is 10.7. The molecule has 114 valence electrons. The number of hydrogen-bond acceptors (Lipinski definition) is 3. The Kier molecular flexibility index (Phi) is 3.74. The molecule has 0 saturated carbocycles. The van der Waals surface area contributed by atoms with Crippen molar-refractivity contribution < 1.29 is 0 Å². The van der Waals surface area contributed by atoms with Crippen molar-refractivity contribution >= 4 is 39.0 Å². The lowest BCUT2D eigenvalue weighted by molar-refractivity contribution is 0.532. The average Bonchev–Trinajstić information content (AvgIpc) is 2.79. The van der Waals surface area contributed by atoms with E-state index in [0.29, 0.717) is 12.1 Å². The van der Waals surface area contributed by atoms with Crippen LogP contribution in [0.5, 0.6) is 0 Å². The average molecular weight is 379 g/mol. The van der Waals surface area contributed by atoms with Crippen LogP contribution in [0.1, 0.15) is 12.8 Å². The molecule has 0 N–H and O–H groups in total. The second kappa shape index (κ2) is 5.74. The van der Waals surface area contributed by atoms with Gasteiger partial charge in [-0.2, -0.15) is 0 Å². The molecule has 3 heterocycles. The lowest BCUT2D eigenvalue weighted by atomic mass is 10.1. The molecule has 0 spiro atoms. The van der Waals surface area contributed by atoms with Crippen LogP contribution in [0.3, 0.4) is 0 Å². The number of pyridine rings is 1. The number of rotatable bonds is 2. The van der Waals surface area contributed by atoms with Gasteiger partial charge in [-0.05, 0) is 49.2 Å². The van der Waals surface area contributed by atoms with Crippen LogP contribution in [0.4, 0.5) is 11.5 Å². The van der Waals surface area contributed by atoms with E-state index in [0.717, 1.165) is 28.4 Å². The zero-order valence-electron chi connectivity index (χ0n) is 12.1. The minimum Gasteiger partial charge on any atom is -0.362 e. The van der Waals surface area contributed by atoms with E-state index in [1.54, 1.807) is 0 Å². The Labute approximate surface area is 144 Å². The summed E-state index contributed by atoms with van der Waals surface area (Å²) in [6.45, 7) is 1.98. The molecule has 0 radical (unpaired) electrons. The first-order valence-corrected chi connectivity index (χ1v) is 8.79. The van der Waals surface area contributed by atoms with E-state index in [4.69, 9.17) is 11.6 Å². The second-order valence-electron chi connectivity index (χ2n) is 5.98. The van der Waals surface area contributed by atoms with Crippen LogP contribution in [0.25, 0.3) is 0 Å². The third-order valence-corrected chi connectivity index (χ3v) is 5.47. The SMILES string of the molecule is Clc1cccnc1N1CC2CCC(C1)N2c1ccc(Br)cc1. The first-order valence-electron chi connectivity index (χ1n) is 7.62. The summed E-state index contributed by atoms with van der Waals surface area (Å²) in [7, 11) is 0.